The molecule has 0 unspecified atom stereocenters. The summed E-state index contributed by atoms with van der Waals surface area (Å²) in [6, 6.07) is 1.72. The number of hydrogen-bond donors (Lipinski definition) is 0. The summed E-state index contributed by atoms with van der Waals surface area (Å²) in [5, 5.41) is 0. The van der Waals surface area contributed by atoms with E-state index >= 15 is 0 Å². The van der Waals surface area contributed by atoms with Gasteiger partial charge in [-0.15, -0.1) is 0 Å². The first-order chi connectivity index (χ1) is 4.43. The fourth-order valence-corrected chi connectivity index (χ4v) is 0.510. The molecule has 0 aliphatic heterocycles. The predicted octanol–water partition coefficient (Wildman–Crippen LogP) is 0.218. The maximum absolute atomic E-state index is 9.89. The number of hydrogen-bond acceptors (Lipinski definition) is 3. The molecule has 46 valence electrons. The molecule has 0 spiro atoms. The van der Waals surface area contributed by atoms with Crippen LogP contribution in [0.2, 0.25) is 0 Å². The van der Waals surface area contributed by atoms with Crippen molar-refractivity contribution < 1.29 is 4.79 Å². The van der Waals surface area contributed by atoms with Gasteiger partial charge in [-0.3, -0.25) is 0 Å². The van der Waals surface area contributed by atoms with Crippen molar-refractivity contribution >= 4 is 6.29 Å². The third-order valence-electron chi connectivity index (χ3n) is 0.885. The minimum atomic E-state index is 0.306. The molecule has 9 heavy (non-hydrogen) atoms. The van der Waals surface area contributed by atoms with Gasteiger partial charge in [-0.2, -0.15) is 0 Å². The smallest absolute Gasteiger partial charge is 0.135 e. The van der Waals surface area contributed by atoms with Crippen LogP contribution in [-0.2, 0) is 11.2 Å². The normalized spacial score (nSPS) is 8.89. The second kappa shape index (κ2) is 2.91. The molecule has 0 aromatic carbocycles. The van der Waals surface area contributed by atoms with E-state index in [0.717, 1.165) is 6.29 Å². The molecule has 1 aromatic heterocycles. The minimum absolute atomic E-state index is 0.306. The highest BCUT2D eigenvalue weighted by atomic mass is 16.1. The zero-order valence-corrected chi connectivity index (χ0v) is 4.82. The summed E-state index contributed by atoms with van der Waals surface area (Å²) in [5.74, 6) is 0.576. The second-order valence-corrected chi connectivity index (χ2v) is 1.54. The predicted molar refractivity (Wildman–Crippen MR) is 31.8 cm³/mol. The number of aldehydes is 1. The van der Waals surface area contributed by atoms with Crippen LogP contribution in [0.5, 0.6) is 0 Å². The van der Waals surface area contributed by atoms with E-state index in [1.165, 1.54) is 0 Å². The van der Waals surface area contributed by atoms with Crippen molar-refractivity contribution in [1.82, 2.24) is 9.97 Å². The van der Waals surface area contributed by atoms with Gasteiger partial charge in [0.25, 0.3) is 0 Å². The Morgan fingerprint density at radius 2 is 2.11 bits per heavy atom. The van der Waals surface area contributed by atoms with E-state index in [1.54, 1.807) is 18.5 Å². The SMILES string of the molecule is O=CCc1ncccn1. The summed E-state index contributed by atoms with van der Waals surface area (Å²) in [6.07, 6.45) is 4.33. The monoisotopic (exact) mass is 122 g/mol. The van der Waals surface area contributed by atoms with Gasteiger partial charge in [0.1, 0.15) is 12.1 Å². The summed E-state index contributed by atoms with van der Waals surface area (Å²) in [4.78, 5) is 17.5. The average Bonchev–Trinajstić information content (AvgIpc) is 1.91. The molecular weight excluding hydrogens is 116 g/mol. The van der Waals surface area contributed by atoms with Crippen molar-refractivity contribution in [3.05, 3.63) is 24.3 Å². The summed E-state index contributed by atoms with van der Waals surface area (Å²) >= 11 is 0. The zero-order valence-electron chi connectivity index (χ0n) is 4.82. The van der Waals surface area contributed by atoms with Crippen molar-refractivity contribution in [3.8, 4) is 0 Å². The Balaban J connectivity index is 2.72. The highest BCUT2D eigenvalue weighted by Gasteiger charge is 1.88. The number of aromatic nitrogens is 2. The largest absolute Gasteiger partial charge is 0.303 e. The highest BCUT2D eigenvalue weighted by molar-refractivity contribution is 5.52. The van der Waals surface area contributed by atoms with Gasteiger partial charge in [0.05, 0.1) is 6.42 Å². The molecule has 0 N–H and O–H groups in total. The highest BCUT2D eigenvalue weighted by Crippen LogP contribution is 1.84. The van der Waals surface area contributed by atoms with Crippen LogP contribution in [0.25, 0.3) is 0 Å². The third-order valence-corrected chi connectivity index (χ3v) is 0.885. The van der Waals surface area contributed by atoms with Crippen molar-refractivity contribution in [2.45, 2.75) is 6.42 Å². The molecule has 1 rings (SSSR count). The van der Waals surface area contributed by atoms with E-state index in [9.17, 15) is 4.79 Å². The lowest BCUT2D eigenvalue weighted by Crippen LogP contribution is -1.92. The summed E-state index contributed by atoms with van der Waals surface area (Å²) in [7, 11) is 0. The number of carbonyl (C=O) groups excluding carboxylic acids is 1. The quantitative estimate of drug-likeness (QED) is 0.527. The van der Waals surface area contributed by atoms with Crippen molar-refractivity contribution in [1.29, 1.82) is 0 Å². The molecular formula is C6H6N2O. The molecule has 0 aliphatic rings. The first-order valence-electron chi connectivity index (χ1n) is 2.63. The topological polar surface area (TPSA) is 42.9 Å². The number of rotatable bonds is 2. The van der Waals surface area contributed by atoms with E-state index in [1.807, 2.05) is 0 Å². The molecule has 0 aliphatic carbocycles. The Hall–Kier alpha value is -1.25. The van der Waals surface area contributed by atoms with Crippen LogP contribution in [0.3, 0.4) is 0 Å². The first kappa shape index (κ1) is 5.88. The van der Waals surface area contributed by atoms with Gasteiger partial charge in [-0.05, 0) is 6.07 Å². The molecule has 1 heterocycles. The van der Waals surface area contributed by atoms with Crippen molar-refractivity contribution in [2.75, 3.05) is 0 Å². The van der Waals surface area contributed by atoms with Crippen molar-refractivity contribution in [2.24, 2.45) is 0 Å². The maximum Gasteiger partial charge on any atom is 0.135 e. The lowest BCUT2D eigenvalue weighted by molar-refractivity contribution is -0.107. The molecule has 0 atom stereocenters. The molecule has 3 heteroatoms. The summed E-state index contributed by atoms with van der Waals surface area (Å²) in [6.45, 7) is 0. The fraction of sp³-hybridized carbons (Fsp3) is 0.167. The van der Waals surface area contributed by atoms with Gasteiger partial charge in [0.2, 0.25) is 0 Å². The fourth-order valence-electron chi connectivity index (χ4n) is 0.510. The second-order valence-electron chi connectivity index (χ2n) is 1.54. The van der Waals surface area contributed by atoms with Crippen LogP contribution in [-0.4, -0.2) is 16.3 Å². The van der Waals surface area contributed by atoms with E-state index in [4.69, 9.17) is 0 Å². The van der Waals surface area contributed by atoms with Crippen molar-refractivity contribution in [3.63, 3.8) is 0 Å². The number of carbonyl (C=O) groups is 1. The van der Waals surface area contributed by atoms with E-state index in [-0.39, 0.29) is 0 Å². The standard InChI is InChI=1S/C6H6N2O/c9-5-2-6-7-3-1-4-8-6/h1,3-5H,2H2. The Morgan fingerprint density at radius 3 is 2.67 bits per heavy atom. The molecule has 0 saturated carbocycles. The molecule has 0 radical (unpaired) electrons. The van der Waals surface area contributed by atoms with Crippen LogP contribution in [0, 0.1) is 0 Å². The Bertz CT molecular complexity index is 186. The van der Waals surface area contributed by atoms with Crippen LogP contribution in [0.1, 0.15) is 5.82 Å². The van der Waals surface area contributed by atoms with E-state index in [0.29, 0.717) is 12.2 Å². The minimum Gasteiger partial charge on any atom is -0.303 e. The Kier molecular flexibility index (Phi) is 1.90. The Morgan fingerprint density at radius 1 is 1.44 bits per heavy atom. The van der Waals surface area contributed by atoms with Gasteiger partial charge in [0.15, 0.2) is 0 Å². The molecule has 0 fully saturated rings. The van der Waals surface area contributed by atoms with Crippen LogP contribution >= 0.6 is 0 Å². The first-order valence-corrected chi connectivity index (χ1v) is 2.63. The van der Waals surface area contributed by atoms with Gasteiger partial charge in [-0.1, -0.05) is 0 Å². The average molecular weight is 122 g/mol. The van der Waals surface area contributed by atoms with Gasteiger partial charge in [0, 0.05) is 12.4 Å². The molecule has 3 nitrogen and oxygen atoms in total. The number of nitrogens with zero attached hydrogens (tertiary/aromatic N) is 2. The van der Waals surface area contributed by atoms with Gasteiger partial charge in [-0.25, -0.2) is 9.97 Å². The molecule has 0 amide bonds. The van der Waals surface area contributed by atoms with E-state index < -0.39 is 0 Å². The Labute approximate surface area is 52.8 Å². The van der Waals surface area contributed by atoms with Crippen LogP contribution in [0.15, 0.2) is 18.5 Å². The third kappa shape index (κ3) is 1.60. The van der Waals surface area contributed by atoms with E-state index in [2.05, 4.69) is 9.97 Å². The van der Waals surface area contributed by atoms with Gasteiger partial charge >= 0.3 is 0 Å². The lowest BCUT2D eigenvalue weighted by Gasteiger charge is -1.87. The summed E-state index contributed by atoms with van der Waals surface area (Å²) < 4.78 is 0. The molecule has 0 saturated heterocycles. The maximum atomic E-state index is 9.89. The van der Waals surface area contributed by atoms with Crippen LogP contribution in [0.4, 0.5) is 0 Å². The van der Waals surface area contributed by atoms with Crippen LogP contribution < -0.4 is 0 Å². The van der Waals surface area contributed by atoms with Gasteiger partial charge < -0.3 is 4.79 Å². The molecule has 1 aromatic rings. The molecule has 0 bridgehead atoms. The lowest BCUT2D eigenvalue weighted by atomic mass is 10.4. The summed E-state index contributed by atoms with van der Waals surface area (Å²) in [5.41, 5.74) is 0. The zero-order chi connectivity index (χ0) is 6.53.